The molecule has 0 atom stereocenters. The zero-order valence-electron chi connectivity index (χ0n) is 15.7. The predicted octanol–water partition coefficient (Wildman–Crippen LogP) is 3.17. The van der Waals surface area contributed by atoms with E-state index >= 15 is 0 Å². The van der Waals surface area contributed by atoms with Gasteiger partial charge in [-0.2, -0.15) is 5.10 Å². The number of hydrogen-bond donors (Lipinski definition) is 1. The van der Waals surface area contributed by atoms with E-state index in [2.05, 4.69) is 10.4 Å². The lowest BCUT2D eigenvalue weighted by Gasteiger charge is -2.16. The highest BCUT2D eigenvalue weighted by atomic mass is 16.3. The van der Waals surface area contributed by atoms with Crippen molar-refractivity contribution >= 4 is 22.5 Å². The number of aromatic nitrogens is 3. The molecule has 1 N–H and O–H groups in total. The van der Waals surface area contributed by atoms with Gasteiger partial charge in [-0.05, 0) is 26.2 Å². The van der Waals surface area contributed by atoms with Crippen LogP contribution in [0.2, 0.25) is 0 Å². The Morgan fingerprint density at radius 2 is 2.04 bits per heavy atom. The fourth-order valence-electron chi connectivity index (χ4n) is 4.09. The van der Waals surface area contributed by atoms with Crippen molar-refractivity contribution in [2.45, 2.75) is 70.9 Å². The van der Waals surface area contributed by atoms with Crippen LogP contribution in [0.25, 0.3) is 16.6 Å². The van der Waals surface area contributed by atoms with Crippen LogP contribution in [0, 0.1) is 6.92 Å². The number of rotatable bonds is 5. The topological polar surface area (TPSA) is 81.5 Å². The molecule has 4 rings (SSSR count). The smallest absolute Gasteiger partial charge is 0.291 e. The summed E-state index contributed by atoms with van der Waals surface area (Å²) in [7, 11) is 0. The quantitative estimate of drug-likeness (QED) is 0.700. The first-order valence-corrected chi connectivity index (χ1v) is 9.89. The Morgan fingerprint density at radius 3 is 2.81 bits per heavy atom. The van der Waals surface area contributed by atoms with E-state index in [1.54, 1.807) is 12.3 Å². The van der Waals surface area contributed by atoms with Crippen molar-refractivity contribution in [1.82, 2.24) is 19.5 Å². The summed E-state index contributed by atoms with van der Waals surface area (Å²) in [6.45, 7) is 2.30. The maximum Gasteiger partial charge on any atom is 0.291 e. The van der Waals surface area contributed by atoms with Crippen LogP contribution in [-0.4, -0.2) is 26.1 Å². The highest BCUT2D eigenvalue weighted by Gasteiger charge is 2.16. The van der Waals surface area contributed by atoms with Crippen molar-refractivity contribution in [1.29, 1.82) is 0 Å². The van der Waals surface area contributed by atoms with Crippen molar-refractivity contribution < 1.29 is 9.21 Å². The van der Waals surface area contributed by atoms with Crippen LogP contribution in [0.1, 0.15) is 57.2 Å². The Balaban J connectivity index is 1.41. The van der Waals surface area contributed by atoms with Crippen molar-refractivity contribution in [2.24, 2.45) is 0 Å². The fraction of sp³-hybridized carbons (Fsp3) is 0.550. The Labute approximate surface area is 157 Å². The van der Waals surface area contributed by atoms with Gasteiger partial charge in [0.15, 0.2) is 5.58 Å². The molecule has 0 unspecified atom stereocenters. The molecule has 1 aliphatic carbocycles. The van der Waals surface area contributed by atoms with Gasteiger partial charge in [0.05, 0.1) is 11.8 Å². The molecule has 0 spiro atoms. The summed E-state index contributed by atoms with van der Waals surface area (Å²) >= 11 is 0. The molecule has 27 heavy (non-hydrogen) atoms. The number of furan rings is 1. The van der Waals surface area contributed by atoms with Gasteiger partial charge in [-0.15, -0.1) is 0 Å². The van der Waals surface area contributed by atoms with E-state index in [1.807, 2.05) is 17.4 Å². The molecule has 0 radical (unpaired) electrons. The van der Waals surface area contributed by atoms with E-state index in [1.165, 1.54) is 30.4 Å². The van der Waals surface area contributed by atoms with E-state index in [-0.39, 0.29) is 11.5 Å². The molecular weight excluding hydrogens is 344 g/mol. The maximum absolute atomic E-state index is 12.7. The number of aryl methyl sites for hydroxylation is 2. The summed E-state index contributed by atoms with van der Waals surface area (Å²) in [5.74, 6) is 0.803. The number of amides is 1. The molecule has 1 aliphatic rings. The number of fused-ring (bicyclic) bond motifs is 3. The fourth-order valence-corrected chi connectivity index (χ4v) is 4.09. The molecule has 3 aromatic heterocycles. The van der Waals surface area contributed by atoms with Gasteiger partial charge < -0.3 is 9.73 Å². The molecule has 3 heterocycles. The molecule has 1 saturated carbocycles. The third kappa shape index (κ3) is 3.63. The Hall–Kier alpha value is -2.57. The first-order chi connectivity index (χ1) is 13.1. The minimum absolute atomic E-state index is 0.0768. The molecule has 7 heteroatoms. The van der Waals surface area contributed by atoms with Gasteiger partial charge in [0.1, 0.15) is 11.3 Å². The lowest BCUT2D eigenvalue weighted by molar-refractivity contribution is -0.122. The number of nitrogens with one attached hydrogen (secondary N) is 1. The molecule has 144 valence electrons. The highest BCUT2D eigenvalue weighted by Crippen LogP contribution is 2.20. The lowest BCUT2D eigenvalue weighted by atomic mass is 10.1. The lowest BCUT2D eigenvalue weighted by Crippen LogP contribution is -2.34. The average molecular weight is 370 g/mol. The normalized spacial score (nSPS) is 16.0. The average Bonchev–Trinajstić information content (AvgIpc) is 3.13. The predicted molar refractivity (Wildman–Crippen MR) is 103 cm³/mol. The van der Waals surface area contributed by atoms with Gasteiger partial charge in [-0.1, -0.05) is 25.7 Å². The summed E-state index contributed by atoms with van der Waals surface area (Å²) in [5.41, 5.74) is 1.93. The van der Waals surface area contributed by atoms with E-state index in [9.17, 15) is 9.59 Å². The van der Waals surface area contributed by atoms with Crippen LogP contribution in [0.3, 0.4) is 0 Å². The Bertz CT molecular complexity index is 1010. The summed E-state index contributed by atoms with van der Waals surface area (Å²) < 4.78 is 8.67. The number of nitrogens with zero attached hydrogens (tertiary/aromatic N) is 3. The van der Waals surface area contributed by atoms with Crippen LogP contribution in [-0.2, 0) is 11.3 Å². The standard InChI is InChI=1S/C20H26N4O3/c1-14-22-23(20(26)17-13-18-16(24(14)17)10-12-27-18)11-6-9-19(25)21-15-7-4-2-3-5-8-15/h10,12-13,15H,2-9,11H2,1H3,(H,21,25). The monoisotopic (exact) mass is 370 g/mol. The maximum atomic E-state index is 12.7. The molecule has 0 aliphatic heterocycles. The second kappa shape index (κ2) is 7.58. The molecular formula is C20H26N4O3. The van der Waals surface area contributed by atoms with E-state index in [0.717, 1.165) is 24.2 Å². The highest BCUT2D eigenvalue weighted by molar-refractivity contribution is 5.82. The Kier molecular flexibility index (Phi) is 5.01. The molecule has 0 saturated heterocycles. The summed E-state index contributed by atoms with van der Waals surface area (Å²) in [4.78, 5) is 24.9. The van der Waals surface area contributed by atoms with Gasteiger partial charge in [0, 0.05) is 31.1 Å². The van der Waals surface area contributed by atoms with Gasteiger partial charge >= 0.3 is 0 Å². The number of hydrogen-bond acceptors (Lipinski definition) is 4. The molecule has 7 nitrogen and oxygen atoms in total. The summed E-state index contributed by atoms with van der Waals surface area (Å²) in [6.07, 6.45) is 9.72. The van der Waals surface area contributed by atoms with Crippen LogP contribution >= 0.6 is 0 Å². The van der Waals surface area contributed by atoms with E-state index in [0.29, 0.717) is 36.5 Å². The number of carbonyl (C=O) groups excluding carboxylic acids is 1. The zero-order valence-corrected chi connectivity index (χ0v) is 15.7. The first kappa shape index (κ1) is 17.8. The van der Waals surface area contributed by atoms with Crippen LogP contribution in [0.4, 0.5) is 0 Å². The summed E-state index contributed by atoms with van der Waals surface area (Å²) in [5, 5.41) is 7.57. The zero-order chi connectivity index (χ0) is 18.8. The molecule has 1 amide bonds. The van der Waals surface area contributed by atoms with E-state index < -0.39 is 0 Å². The third-order valence-corrected chi connectivity index (χ3v) is 5.46. The second-order valence-electron chi connectivity index (χ2n) is 7.47. The van der Waals surface area contributed by atoms with Gasteiger partial charge in [0.2, 0.25) is 5.91 Å². The third-order valence-electron chi connectivity index (χ3n) is 5.46. The molecule has 0 aromatic carbocycles. The first-order valence-electron chi connectivity index (χ1n) is 9.89. The van der Waals surface area contributed by atoms with Crippen LogP contribution in [0.5, 0.6) is 0 Å². The van der Waals surface area contributed by atoms with Gasteiger partial charge in [-0.25, -0.2) is 4.68 Å². The van der Waals surface area contributed by atoms with Gasteiger partial charge in [0.25, 0.3) is 5.56 Å². The van der Waals surface area contributed by atoms with Crippen molar-refractivity contribution in [3.05, 3.63) is 34.6 Å². The van der Waals surface area contributed by atoms with Crippen molar-refractivity contribution in [3.63, 3.8) is 0 Å². The van der Waals surface area contributed by atoms with Crippen LogP contribution < -0.4 is 10.9 Å². The van der Waals surface area contributed by atoms with E-state index in [4.69, 9.17) is 4.42 Å². The minimum atomic E-state index is -0.156. The molecule has 0 bridgehead atoms. The molecule has 1 fully saturated rings. The second-order valence-corrected chi connectivity index (χ2v) is 7.47. The Morgan fingerprint density at radius 1 is 1.26 bits per heavy atom. The van der Waals surface area contributed by atoms with Crippen molar-refractivity contribution in [3.8, 4) is 0 Å². The number of carbonyl (C=O) groups is 1. The van der Waals surface area contributed by atoms with Crippen molar-refractivity contribution in [2.75, 3.05) is 0 Å². The van der Waals surface area contributed by atoms with Crippen LogP contribution in [0.15, 0.2) is 27.6 Å². The SMILES string of the molecule is Cc1nn(CCCC(=O)NC2CCCCCC2)c(=O)c2cc3occc3n12. The van der Waals surface area contributed by atoms with Gasteiger partial charge in [-0.3, -0.25) is 14.0 Å². The minimum Gasteiger partial charge on any atom is -0.463 e. The largest absolute Gasteiger partial charge is 0.463 e. The molecule has 3 aromatic rings. The summed E-state index contributed by atoms with van der Waals surface area (Å²) in [6, 6.07) is 3.90.